The molecule has 0 aliphatic heterocycles. The van der Waals surface area contributed by atoms with Crippen LogP contribution in [0.15, 0.2) is 16.8 Å². The molecule has 6 nitrogen and oxygen atoms in total. The fourth-order valence-electron chi connectivity index (χ4n) is 1.66. The summed E-state index contributed by atoms with van der Waals surface area (Å²) < 4.78 is 4.59. The first-order valence-corrected chi connectivity index (χ1v) is 7.55. The molecule has 0 bridgehead atoms. The monoisotopic (exact) mass is 312 g/mol. The molecule has 0 unspecified atom stereocenters. The molecule has 0 fully saturated rings. The van der Waals surface area contributed by atoms with Gasteiger partial charge in [-0.05, 0) is 24.8 Å². The third kappa shape index (κ3) is 5.18. The van der Waals surface area contributed by atoms with Gasteiger partial charge >= 0.3 is 5.97 Å². The van der Waals surface area contributed by atoms with Gasteiger partial charge in [0.15, 0.2) is 0 Å². The Morgan fingerprint density at radius 2 is 2.14 bits per heavy atom. The molecule has 2 amide bonds. The van der Waals surface area contributed by atoms with E-state index in [0.717, 1.165) is 0 Å². The van der Waals surface area contributed by atoms with Crippen LogP contribution in [0.3, 0.4) is 0 Å². The summed E-state index contributed by atoms with van der Waals surface area (Å²) in [5.74, 6) is -0.741. The number of thiophene rings is 1. The third-order valence-corrected chi connectivity index (χ3v) is 3.84. The van der Waals surface area contributed by atoms with Crippen LogP contribution in [-0.2, 0) is 14.3 Å². The van der Waals surface area contributed by atoms with Crippen molar-refractivity contribution < 1.29 is 19.1 Å². The number of carbonyl (C=O) groups is 3. The summed E-state index contributed by atoms with van der Waals surface area (Å²) in [5.41, 5.74) is 0.628. The molecule has 0 saturated carbocycles. The zero-order valence-corrected chi connectivity index (χ0v) is 13.2. The van der Waals surface area contributed by atoms with Gasteiger partial charge in [0.05, 0.1) is 7.11 Å². The first kappa shape index (κ1) is 17.2. The summed E-state index contributed by atoms with van der Waals surface area (Å²) in [6, 6.07) is 1.14. The molecule has 0 radical (unpaired) electrons. The lowest BCUT2D eigenvalue weighted by Crippen LogP contribution is -2.41. The second-order valence-electron chi connectivity index (χ2n) is 4.58. The van der Waals surface area contributed by atoms with Crippen molar-refractivity contribution in [2.45, 2.75) is 25.8 Å². The number of hydrogen-bond acceptors (Lipinski definition) is 5. The molecule has 1 heterocycles. The Morgan fingerprint density at radius 3 is 2.71 bits per heavy atom. The summed E-state index contributed by atoms with van der Waals surface area (Å²) in [6.45, 7) is 2.03. The summed E-state index contributed by atoms with van der Waals surface area (Å²) >= 11 is 1.46. The zero-order valence-electron chi connectivity index (χ0n) is 12.4. The molecule has 116 valence electrons. The van der Waals surface area contributed by atoms with E-state index < -0.39 is 12.0 Å². The predicted molar refractivity (Wildman–Crippen MR) is 80.1 cm³/mol. The predicted octanol–water partition coefficient (Wildman–Crippen LogP) is 1.28. The Balaban J connectivity index is 2.27. The molecule has 7 heteroatoms. The lowest BCUT2D eigenvalue weighted by atomic mass is 10.2. The SMILES string of the molecule is COC(=O)[C@@H](C)N(C)C(=O)CCCNC(=O)c1ccsc1. The van der Waals surface area contributed by atoms with Gasteiger partial charge in [-0.3, -0.25) is 9.59 Å². The lowest BCUT2D eigenvalue weighted by molar-refractivity contribution is -0.151. The van der Waals surface area contributed by atoms with Crippen LogP contribution in [-0.4, -0.2) is 49.4 Å². The molecular weight excluding hydrogens is 292 g/mol. The highest BCUT2D eigenvalue weighted by molar-refractivity contribution is 7.08. The van der Waals surface area contributed by atoms with Crippen LogP contribution in [0.1, 0.15) is 30.1 Å². The highest BCUT2D eigenvalue weighted by Crippen LogP contribution is 2.06. The van der Waals surface area contributed by atoms with E-state index in [9.17, 15) is 14.4 Å². The van der Waals surface area contributed by atoms with Crippen molar-refractivity contribution in [2.24, 2.45) is 0 Å². The molecular formula is C14H20N2O4S. The van der Waals surface area contributed by atoms with Gasteiger partial charge in [0.1, 0.15) is 6.04 Å². The molecule has 0 saturated heterocycles. The van der Waals surface area contributed by atoms with E-state index in [-0.39, 0.29) is 18.2 Å². The molecule has 0 aromatic carbocycles. The van der Waals surface area contributed by atoms with Crippen LogP contribution in [0.4, 0.5) is 0 Å². The van der Waals surface area contributed by atoms with Crippen molar-refractivity contribution in [2.75, 3.05) is 20.7 Å². The maximum absolute atomic E-state index is 11.9. The largest absolute Gasteiger partial charge is 0.467 e. The third-order valence-electron chi connectivity index (χ3n) is 3.15. The average molecular weight is 312 g/mol. The summed E-state index contributed by atoms with van der Waals surface area (Å²) in [6.07, 6.45) is 0.786. The van der Waals surface area contributed by atoms with Gasteiger partial charge in [0.25, 0.3) is 5.91 Å². The number of carbonyl (C=O) groups excluding carboxylic acids is 3. The van der Waals surface area contributed by atoms with Crippen LogP contribution in [0, 0.1) is 0 Å². The zero-order chi connectivity index (χ0) is 15.8. The number of esters is 1. The van der Waals surface area contributed by atoms with Gasteiger partial charge < -0.3 is 15.0 Å². The molecule has 1 rings (SSSR count). The van der Waals surface area contributed by atoms with Gasteiger partial charge in [0, 0.05) is 31.0 Å². The Kier molecular flexibility index (Phi) is 6.87. The standard InChI is InChI=1S/C14H20N2O4S/c1-10(14(19)20-3)16(2)12(17)5-4-7-15-13(18)11-6-8-21-9-11/h6,8-10H,4-5,7H2,1-3H3,(H,15,18)/t10-/m1/s1. The topological polar surface area (TPSA) is 75.7 Å². The lowest BCUT2D eigenvalue weighted by Gasteiger charge is -2.22. The van der Waals surface area contributed by atoms with Gasteiger partial charge in [-0.15, -0.1) is 0 Å². The summed E-state index contributed by atoms with van der Waals surface area (Å²) in [5, 5.41) is 6.35. The van der Waals surface area contributed by atoms with E-state index in [2.05, 4.69) is 10.1 Å². The Morgan fingerprint density at radius 1 is 1.43 bits per heavy atom. The molecule has 1 aromatic heterocycles. The van der Waals surface area contributed by atoms with E-state index >= 15 is 0 Å². The number of hydrogen-bond donors (Lipinski definition) is 1. The van der Waals surface area contributed by atoms with Crippen molar-refractivity contribution in [3.05, 3.63) is 22.4 Å². The van der Waals surface area contributed by atoms with E-state index in [1.54, 1.807) is 25.4 Å². The second kappa shape index (κ2) is 8.41. The first-order chi connectivity index (χ1) is 9.97. The van der Waals surface area contributed by atoms with Crippen LogP contribution in [0.25, 0.3) is 0 Å². The number of ether oxygens (including phenoxy) is 1. The van der Waals surface area contributed by atoms with Crippen molar-refractivity contribution in [1.29, 1.82) is 0 Å². The molecule has 1 N–H and O–H groups in total. The van der Waals surface area contributed by atoms with Gasteiger partial charge in [-0.2, -0.15) is 11.3 Å². The van der Waals surface area contributed by atoms with Crippen molar-refractivity contribution >= 4 is 29.1 Å². The summed E-state index contributed by atoms with van der Waals surface area (Å²) in [7, 11) is 2.85. The molecule has 1 aromatic rings. The molecule has 0 aliphatic rings. The van der Waals surface area contributed by atoms with E-state index in [4.69, 9.17) is 0 Å². The van der Waals surface area contributed by atoms with Gasteiger partial charge in [0.2, 0.25) is 5.91 Å². The highest BCUT2D eigenvalue weighted by Gasteiger charge is 2.22. The maximum Gasteiger partial charge on any atom is 0.328 e. The Hall–Kier alpha value is -1.89. The first-order valence-electron chi connectivity index (χ1n) is 6.61. The smallest absolute Gasteiger partial charge is 0.328 e. The number of methoxy groups -OCH3 is 1. The Labute approximate surface area is 128 Å². The fraction of sp³-hybridized carbons (Fsp3) is 0.500. The minimum atomic E-state index is -0.608. The van der Waals surface area contributed by atoms with Gasteiger partial charge in [-0.25, -0.2) is 4.79 Å². The number of likely N-dealkylation sites (N-methyl/N-ethyl adjacent to an activating group) is 1. The van der Waals surface area contributed by atoms with E-state index in [0.29, 0.717) is 18.5 Å². The minimum absolute atomic E-state index is 0.139. The number of nitrogens with zero attached hydrogens (tertiary/aromatic N) is 1. The van der Waals surface area contributed by atoms with Crippen LogP contribution in [0.2, 0.25) is 0 Å². The van der Waals surface area contributed by atoms with Crippen LogP contribution < -0.4 is 5.32 Å². The second-order valence-corrected chi connectivity index (χ2v) is 5.36. The molecule has 0 aliphatic carbocycles. The fourth-order valence-corrected chi connectivity index (χ4v) is 2.29. The molecule has 21 heavy (non-hydrogen) atoms. The molecule has 0 spiro atoms. The van der Waals surface area contributed by atoms with Crippen LogP contribution >= 0.6 is 11.3 Å². The number of amides is 2. The Bertz CT molecular complexity index is 487. The minimum Gasteiger partial charge on any atom is -0.467 e. The van der Waals surface area contributed by atoms with Crippen molar-refractivity contribution in [3.8, 4) is 0 Å². The maximum atomic E-state index is 11.9. The van der Waals surface area contributed by atoms with E-state index in [1.807, 2.05) is 5.38 Å². The summed E-state index contributed by atoms with van der Waals surface area (Å²) in [4.78, 5) is 36.2. The number of nitrogens with one attached hydrogen (secondary N) is 1. The quantitative estimate of drug-likeness (QED) is 0.608. The average Bonchev–Trinajstić information content (AvgIpc) is 3.03. The van der Waals surface area contributed by atoms with Crippen LogP contribution in [0.5, 0.6) is 0 Å². The van der Waals surface area contributed by atoms with Gasteiger partial charge in [-0.1, -0.05) is 0 Å². The highest BCUT2D eigenvalue weighted by atomic mass is 32.1. The normalized spacial score (nSPS) is 11.6. The van der Waals surface area contributed by atoms with E-state index in [1.165, 1.54) is 23.3 Å². The number of rotatable bonds is 7. The van der Waals surface area contributed by atoms with Crippen molar-refractivity contribution in [3.63, 3.8) is 0 Å². The molecule has 1 atom stereocenters. The van der Waals surface area contributed by atoms with Crippen molar-refractivity contribution in [1.82, 2.24) is 10.2 Å².